The summed E-state index contributed by atoms with van der Waals surface area (Å²) < 4.78 is 5.26. The van der Waals surface area contributed by atoms with Gasteiger partial charge in [0.1, 0.15) is 0 Å². The average Bonchev–Trinajstić information content (AvgIpc) is 2.27. The van der Waals surface area contributed by atoms with E-state index in [2.05, 4.69) is 5.32 Å². The smallest absolute Gasteiger partial charge is 0.220 e. The molecule has 0 radical (unpaired) electrons. The third-order valence-corrected chi connectivity index (χ3v) is 3.56. The molecule has 1 rings (SSSR count). The molecule has 100 valence electrons. The van der Waals surface area contributed by atoms with Crippen molar-refractivity contribution < 1.29 is 9.53 Å². The molecular weight excluding hydrogens is 216 g/mol. The Labute approximate surface area is 104 Å². The summed E-state index contributed by atoms with van der Waals surface area (Å²) in [7, 11) is 1.66. The standard InChI is InChI=1S/C13H26N2O2/c1-13(2,17-3)9-15-12(16)8-10-5-4-6-11(14)7-10/h10-11H,4-9,14H2,1-3H3,(H,15,16). The molecule has 0 aromatic heterocycles. The largest absolute Gasteiger partial charge is 0.377 e. The van der Waals surface area contributed by atoms with Gasteiger partial charge in [-0.25, -0.2) is 0 Å². The SMILES string of the molecule is COC(C)(C)CNC(=O)CC1CCCC(N)C1. The molecule has 4 heteroatoms. The fraction of sp³-hybridized carbons (Fsp3) is 0.923. The Kier molecular flexibility index (Phi) is 5.40. The molecule has 1 amide bonds. The summed E-state index contributed by atoms with van der Waals surface area (Å²) in [5.41, 5.74) is 5.62. The zero-order valence-electron chi connectivity index (χ0n) is 11.3. The highest BCUT2D eigenvalue weighted by molar-refractivity contribution is 5.76. The molecular formula is C13H26N2O2. The second-order valence-electron chi connectivity index (χ2n) is 5.74. The van der Waals surface area contributed by atoms with Gasteiger partial charge in [-0.1, -0.05) is 6.42 Å². The summed E-state index contributed by atoms with van der Waals surface area (Å²) in [5, 5.41) is 2.93. The van der Waals surface area contributed by atoms with Crippen LogP contribution in [0, 0.1) is 5.92 Å². The number of carbonyl (C=O) groups excluding carboxylic acids is 1. The zero-order valence-corrected chi connectivity index (χ0v) is 11.3. The van der Waals surface area contributed by atoms with Crippen LogP contribution in [0.25, 0.3) is 0 Å². The highest BCUT2D eigenvalue weighted by atomic mass is 16.5. The molecule has 2 unspecified atom stereocenters. The van der Waals surface area contributed by atoms with E-state index in [1.54, 1.807) is 7.11 Å². The number of amides is 1. The molecule has 0 aromatic carbocycles. The highest BCUT2D eigenvalue weighted by Gasteiger charge is 2.23. The summed E-state index contributed by atoms with van der Waals surface area (Å²) >= 11 is 0. The van der Waals surface area contributed by atoms with Crippen molar-refractivity contribution in [2.75, 3.05) is 13.7 Å². The summed E-state index contributed by atoms with van der Waals surface area (Å²) in [6.45, 7) is 4.48. The monoisotopic (exact) mass is 242 g/mol. The van der Waals surface area contributed by atoms with E-state index in [-0.39, 0.29) is 17.6 Å². The van der Waals surface area contributed by atoms with Gasteiger partial charge in [-0.2, -0.15) is 0 Å². The van der Waals surface area contributed by atoms with E-state index < -0.39 is 0 Å². The number of hydrogen-bond donors (Lipinski definition) is 2. The van der Waals surface area contributed by atoms with Gasteiger partial charge in [0.05, 0.1) is 5.60 Å². The van der Waals surface area contributed by atoms with E-state index in [9.17, 15) is 4.79 Å². The van der Waals surface area contributed by atoms with Gasteiger partial charge in [0.15, 0.2) is 0 Å². The normalized spacial score (nSPS) is 25.6. The van der Waals surface area contributed by atoms with Crippen LogP contribution in [0.1, 0.15) is 46.0 Å². The van der Waals surface area contributed by atoms with Crippen LogP contribution in [0.5, 0.6) is 0 Å². The third-order valence-electron chi connectivity index (χ3n) is 3.56. The van der Waals surface area contributed by atoms with Gasteiger partial charge < -0.3 is 15.8 Å². The Bertz CT molecular complexity index is 254. The van der Waals surface area contributed by atoms with Crippen LogP contribution in [0.15, 0.2) is 0 Å². The Morgan fingerprint density at radius 2 is 2.18 bits per heavy atom. The average molecular weight is 242 g/mol. The predicted molar refractivity (Wildman–Crippen MR) is 68.6 cm³/mol. The van der Waals surface area contributed by atoms with Crippen LogP contribution in [0.2, 0.25) is 0 Å². The van der Waals surface area contributed by atoms with E-state index in [1.807, 2.05) is 13.8 Å². The van der Waals surface area contributed by atoms with Crippen molar-refractivity contribution in [2.24, 2.45) is 11.7 Å². The van der Waals surface area contributed by atoms with Crippen LogP contribution in [-0.2, 0) is 9.53 Å². The molecule has 1 fully saturated rings. The Balaban J connectivity index is 2.25. The van der Waals surface area contributed by atoms with Crippen LogP contribution in [-0.4, -0.2) is 31.2 Å². The van der Waals surface area contributed by atoms with Crippen LogP contribution >= 0.6 is 0 Å². The molecule has 0 bridgehead atoms. The van der Waals surface area contributed by atoms with Gasteiger partial charge in [-0.15, -0.1) is 0 Å². The van der Waals surface area contributed by atoms with Crippen molar-refractivity contribution >= 4 is 5.91 Å². The lowest BCUT2D eigenvalue weighted by Gasteiger charge is -2.27. The molecule has 0 spiro atoms. The summed E-state index contributed by atoms with van der Waals surface area (Å²) in [6.07, 6.45) is 4.99. The van der Waals surface area contributed by atoms with Crippen molar-refractivity contribution in [1.29, 1.82) is 0 Å². The minimum absolute atomic E-state index is 0.120. The van der Waals surface area contributed by atoms with Crippen LogP contribution < -0.4 is 11.1 Å². The molecule has 17 heavy (non-hydrogen) atoms. The fourth-order valence-electron chi connectivity index (χ4n) is 2.24. The molecule has 0 heterocycles. The first-order valence-electron chi connectivity index (χ1n) is 6.50. The van der Waals surface area contributed by atoms with E-state index in [1.165, 1.54) is 0 Å². The first-order valence-corrected chi connectivity index (χ1v) is 6.50. The van der Waals surface area contributed by atoms with Gasteiger partial charge >= 0.3 is 0 Å². The lowest BCUT2D eigenvalue weighted by molar-refractivity contribution is -0.123. The van der Waals surface area contributed by atoms with E-state index in [4.69, 9.17) is 10.5 Å². The number of ether oxygens (including phenoxy) is 1. The van der Waals surface area contributed by atoms with Gasteiger partial charge in [-0.05, 0) is 39.0 Å². The number of methoxy groups -OCH3 is 1. The molecule has 1 aliphatic rings. The fourth-order valence-corrected chi connectivity index (χ4v) is 2.24. The molecule has 0 saturated heterocycles. The molecule has 0 aliphatic heterocycles. The van der Waals surface area contributed by atoms with Gasteiger partial charge in [0.2, 0.25) is 5.91 Å². The van der Waals surface area contributed by atoms with Gasteiger partial charge in [-0.3, -0.25) is 4.79 Å². The highest BCUT2D eigenvalue weighted by Crippen LogP contribution is 2.25. The quantitative estimate of drug-likeness (QED) is 0.766. The van der Waals surface area contributed by atoms with E-state index >= 15 is 0 Å². The first kappa shape index (κ1) is 14.5. The molecule has 1 aliphatic carbocycles. The maximum absolute atomic E-state index is 11.8. The first-order chi connectivity index (χ1) is 7.93. The Morgan fingerprint density at radius 1 is 1.47 bits per heavy atom. The van der Waals surface area contributed by atoms with Crippen molar-refractivity contribution in [3.05, 3.63) is 0 Å². The van der Waals surface area contributed by atoms with Crippen molar-refractivity contribution in [2.45, 2.75) is 57.6 Å². The third kappa shape index (κ3) is 5.50. The van der Waals surface area contributed by atoms with Gasteiger partial charge in [0, 0.05) is 26.1 Å². The molecule has 1 saturated carbocycles. The Hall–Kier alpha value is -0.610. The second kappa shape index (κ2) is 6.36. The van der Waals surface area contributed by atoms with Crippen molar-refractivity contribution in [3.8, 4) is 0 Å². The number of hydrogen-bond acceptors (Lipinski definition) is 3. The van der Waals surface area contributed by atoms with E-state index in [0.717, 1.165) is 25.7 Å². The summed E-state index contributed by atoms with van der Waals surface area (Å²) in [4.78, 5) is 11.8. The van der Waals surface area contributed by atoms with Crippen LogP contribution in [0.4, 0.5) is 0 Å². The van der Waals surface area contributed by atoms with Crippen LogP contribution in [0.3, 0.4) is 0 Å². The summed E-state index contributed by atoms with van der Waals surface area (Å²) in [5.74, 6) is 0.582. The van der Waals surface area contributed by atoms with Crippen molar-refractivity contribution in [1.82, 2.24) is 5.32 Å². The maximum Gasteiger partial charge on any atom is 0.220 e. The number of rotatable bonds is 5. The second-order valence-corrected chi connectivity index (χ2v) is 5.74. The van der Waals surface area contributed by atoms with Gasteiger partial charge in [0.25, 0.3) is 0 Å². The molecule has 3 N–H and O–H groups in total. The lowest BCUT2D eigenvalue weighted by Crippen LogP contribution is -2.40. The molecule has 2 atom stereocenters. The summed E-state index contributed by atoms with van der Waals surface area (Å²) in [6, 6.07) is 0.289. The zero-order chi connectivity index (χ0) is 12.9. The minimum Gasteiger partial charge on any atom is -0.377 e. The van der Waals surface area contributed by atoms with E-state index in [0.29, 0.717) is 18.9 Å². The minimum atomic E-state index is -0.293. The maximum atomic E-state index is 11.8. The predicted octanol–water partition coefficient (Wildman–Crippen LogP) is 1.44. The number of nitrogens with one attached hydrogen (secondary N) is 1. The molecule has 0 aromatic rings. The molecule has 4 nitrogen and oxygen atoms in total. The number of carbonyl (C=O) groups is 1. The lowest BCUT2D eigenvalue weighted by atomic mass is 9.84. The Morgan fingerprint density at radius 3 is 2.76 bits per heavy atom. The topological polar surface area (TPSA) is 64.3 Å². The number of nitrogens with two attached hydrogens (primary N) is 1. The van der Waals surface area contributed by atoms with Crippen molar-refractivity contribution in [3.63, 3.8) is 0 Å².